The summed E-state index contributed by atoms with van der Waals surface area (Å²) in [7, 11) is -4.16. The fourth-order valence-corrected chi connectivity index (χ4v) is 7.01. The average Bonchev–Trinajstić information content (AvgIpc) is 3.31. The van der Waals surface area contributed by atoms with Gasteiger partial charge in [0, 0.05) is 29.1 Å². The molecule has 3 aromatic heterocycles. The first-order valence-electron chi connectivity index (χ1n) is 15.2. The van der Waals surface area contributed by atoms with E-state index in [9.17, 15) is 13.2 Å². The number of carbonyl (C=O) groups excluding carboxylic acids is 1. The summed E-state index contributed by atoms with van der Waals surface area (Å²) in [5, 5.41) is 0. The third kappa shape index (κ3) is 6.32. The normalized spacial score (nSPS) is 16.6. The number of imidazole rings is 1. The number of nitrogens with one attached hydrogen (secondary N) is 1. The Morgan fingerprint density at radius 1 is 0.935 bits per heavy atom. The minimum absolute atomic E-state index is 0.0719. The van der Waals surface area contributed by atoms with E-state index in [1.165, 1.54) is 12.1 Å². The lowest BCUT2D eigenvalue weighted by molar-refractivity contribution is 0.0509. The number of rotatable bonds is 4. The average molecular weight is 639 g/mol. The van der Waals surface area contributed by atoms with E-state index in [-0.39, 0.29) is 46.8 Å². The molecule has 4 heterocycles. The Labute approximate surface area is 269 Å². The van der Waals surface area contributed by atoms with Crippen molar-refractivity contribution in [3.8, 4) is 17.1 Å². The molecule has 6 rings (SSSR count). The summed E-state index contributed by atoms with van der Waals surface area (Å²) in [6, 6.07) is 19.1. The van der Waals surface area contributed by atoms with Gasteiger partial charge in [0.15, 0.2) is 0 Å². The number of pyridine rings is 1. The first-order chi connectivity index (χ1) is 21.8. The molecule has 238 valence electrons. The number of aromatic nitrogens is 4. The topological polar surface area (TPSA) is 119 Å². The second kappa shape index (κ2) is 11.9. The standard InChI is InChI=1S/C35H38N6O4S/c1-22-11-9-12-23(2)32(22)28-18-31-38-34(37-28)39-46(43,44)27-14-10-13-25(17-27)33(42)41(26(21-45-31)19-35(4,5)6)20-29-24(3)40-16-8-7-15-30(40)36-29/h7-18,26H,19-21H2,1-6H3,(H,37,38,39)/t26-/m1/s1. The monoisotopic (exact) mass is 638 g/mol. The number of hydrogen-bond donors (Lipinski definition) is 1. The lowest BCUT2D eigenvalue weighted by Crippen LogP contribution is -2.45. The number of carbonyl (C=O) groups is 1. The summed E-state index contributed by atoms with van der Waals surface area (Å²) in [5.74, 6) is -0.234. The molecule has 46 heavy (non-hydrogen) atoms. The molecule has 11 heteroatoms. The molecule has 1 atom stereocenters. The van der Waals surface area contributed by atoms with Crippen LogP contribution in [-0.4, -0.2) is 51.2 Å². The number of sulfonamides is 1. The van der Waals surface area contributed by atoms with Gasteiger partial charge in [-0.3, -0.25) is 4.79 Å². The molecule has 10 nitrogen and oxygen atoms in total. The molecule has 1 aliphatic rings. The van der Waals surface area contributed by atoms with Gasteiger partial charge in [-0.2, -0.15) is 4.98 Å². The fraction of sp³-hybridized carbons (Fsp3) is 0.314. The number of benzene rings is 2. The molecule has 1 aliphatic heterocycles. The largest absolute Gasteiger partial charge is 0.475 e. The van der Waals surface area contributed by atoms with E-state index in [4.69, 9.17) is 9.72 Å². The molecular formula is C35H38N6O4S. The van der Waals surface area contributed by atoms with Gasteiger partial charge < -0.3 is 14.0 Å². The molecule has 0 aliphatic carbocycles. The van der Waals surface area contributed by atoms with Crippen molar-refractivity contribution in [2.45, 2.75) is 65.4 Å². The Morgan fingerprint density at radius 3 is 2.39 bits per heavy atom. The highest BCUT2D eigenvalue weighted by Gasteiger charge is 2.32. The Kier molecular flexibility index (Phi) is 8.05. The maximum atomic E-state index is 14.4. The van der Waals surface area contributed by atoms with Crippen LogP contribution in [0.2, 0.25) is 0 Å². The third-order valence-electron chi connectivity index (χ3n) is 8.22. The van der Waals surface area contributed by atoms with Gasteiger partial charge >= 0.3 is 0 Å². The minimum Gasteiger partial charge on any atom is -0.475 e. The predicted octanol–water partition coefficient (Wildman–Crippen LogP) is 6.36. The second-order valence-corrected chi connectivity index (χ2v) is 14.7. The SMILES string of the molecule is Cc1cccc(C)c1-c1cc2nc(n1)NS(=O)(=O)c1cccc(c1)C(=O)N(Cc1nc3ccccn3c1C)[C@H](CC(C)(C)C)CO2. The van der Waals surface area contributed by atoms with Gasteiger partial charge in [0.25, 0.3) is 15.9 Å². The molecule has 1 N–H and O–H groups in total. The van der Waals surface area contributed by atoms with Crippen molar-refractivity contribution in [1.29, 1.82) is 0 Å². The van der Waals surface area contributed by atoms with E-state index in [0.29, 0.717) is 12.1 Å². The summed E-state index contributed by atoms with van der Waals surface area (Å²) in [5.41, 5.74) is 5.87. The molecule has 2 aromatic carbocycles. The molecule has 0 saturated heterocycles. The van der Waals surface area contributed by atoms with Crippen molar-refractivity contribution in [3.05, 3.63) is 101 Å². The fourth-order valence-electron chi connectivity index (χ4n) is 6.02. The van der Waals surface area contributed by atoms with Crippen LogP contribution in [0.15, 0.2) is 77.8 Å². The van der Waals surface area contributed by atoms with Crippen LogP contribution >= 0.6 is 0 Å². The van der Waals surface area contributed by atoms with Crippen molar-refractivity contribution in [2.24, 2.45) is 5.41 Å². The van der Waals surface area contributed by atoms with E-state index in [1.54, 1.807) is 23.1 Å². The zero-order valence-electron chi connectivity index (χ0n) is 26.9. The number of hydrogen-bond acceptors (Lipinski definition) is 7. The lowest BCUT2D eigenvalue weighted by Gasteiger charge is -2.35. The molecule has 0 saturated carbocycles. The summed E-state index contributed by atoms with van der Waals surface area (Å²) >= 11 is 0. The van der Waals surface area contributed by atoms with E-state index >= 15 is 0 Å². The summed E-state index contributed by atoms with van der Waals surface area (Å²) in [6.07, 6.45) is 2.55. The van der Waals surface area contributed by atoms with Gasteiger partial charge in [-0.1, -0.05) is 51.1 Å². The van der Waals surface area contributed by atoms with Crippen LogP contribution in [0, 0.1) is 26.2 Å². The molecule has 0 radical (unpaired) electrons. The Bertz CT molecular complexity index is 2050. The summed E-state index contributed by atoms with van der Waals surface area (Å²) < 4.78 is 38.2. The van der Waals surface area contributed by atoms with Gasteiger partial charge in [-0.05, 0) is 74.1 Å². The smallest absolute Gasteiger partial charge is 0.264 e. The van der Waals surface area contributed by atoms with Crippen LogP contribution in [0.1, 0.15) is 60.1 Å². The molecular weight excluding hydrogens is 600 g/mol. The highest BCUT2D eigenvalue weighted by atomic mass is 32.2. The molecule has 0 unspecified atom stereocenters. The minimum atomic E-state index is -4.16. The number of fused-ring (bicyclic) bond motifs is 5. The van der Waals surface area contributed by atoms with Gasteiger partial charge in [0.2, 0.25) is 11.8 Å². The predicted molar refractivity (Wildman–Crippen MR) is 177 cm³/mol. The van der Waals surface area contributed by atoms with Gasteiger partial charge in [0.05, 0.1) is 28.9 Å². The van der Waals surface area contributed by atoms with Crippen LogP contribution < -0.4 is 9.46 Å². The zero-order valence-corrected chi connectivity index (χ0v) is 27.7. The van der Waals surface area contributed by atoms with Crippen LogP contribution in [0.3, 0.4) is 0 Å². The number of aryl methyl sites for hydroxylation is 3. The number of nitrogens with zero attached hydrogens (tertiary/aromatic N) is 5. The number of ether oxygens (including phenoxy) is 1. The highest BCUT2D eigenvalue weighted by Crippen LogP contribution is 2.32. The van der Waals surface area contributed by atoms with Crippen molar-refractivity contribution in [1.82, 2.24) is 24.3 Å². The molecule has 1 amide bonds. The zero-order chi connectivity index (χ0) is 32.8. The maximum absolute atomic E-state index is 14.4. The van der Waals surface area contributed by atoms with Crippen LogP contribution in [0.5, 0.6) is 5.88 Å². The molecule has 4 bridgehead atoms. The van der Waals surface area contributed by atoms with E-state index in [2.05, 4.69) is 35.5 Å². The van der Waals surface area contributed by atoms with Crippen molar-refractivity contribution in [3.63, 3.8) is 0 Å². The Balaban J connectivity index is 1.52. The van der Waals surface area contributed by atoms with Crippen LogP contribution in [0.4, 0.5) is 5.95 Å². The van der Waals surface area contributed by atoms with Crippen molar-refractivity contribution >= 4 is 27.5 Å². The maximum Gasteiger partial charge on any atom is 0.264 e. The Morgan fingerprint density at radius 2 is 1.67 bits per heavy atom. The summed E-state index contributed by atoms with van der Waals surface area (Å²) in [6.45, 7) is 12.6. The van der Waals surface area contributed by atoms with E-state index < -0.39 is 16.1 Å². The van der Waals surface area contributed by atoms with Gasteiger partial charge in [-0.25, -0.2) is 23.1 Å². The van der Waals surface area contributed by atoms with E-state index in [1.807, 2.05) is 67.8 Å². The molecule has 0 fully saturated rings. The molecule has 0 spiro atoms. The Hall–Kier alpha value is -4.77. The van der Waals surface area contributed by atoms with Crippen molar-refractivity contribution in [2.75, 3.05) is 11.3 Å². The quantitative estimate of drug-likeness (QED) is 0.243. The summed E-state index contributed by atoms with van der Waals surface area (Å²) in [4.78, 5) is 30.1. The lowest BCUT2D eigenvalue weighted by atomic mass is 9.87. The van der Waals surface area contributed by atoms with E-state index in [0.717, 1.165) is 33.7 Å². The first-order valence-corrected chi connectivity index (χ1v) is 16.7. The van der Waals surface area contributed by atoms with Crippen LogP contribution in [-0.2, 0) is 16.6 Å². The van der Waals surface area contributed by atoms with Gasteiger partial charge in [-0.15, -0.1) is 0 Å². The third-order valence-corrected chi connectivity index (χ3v) is 9.54. The molecule has 5 aromatic rings. The second-order valence-electron chi connectivity index (χ2n) is 13.1. The van der Waals surface area contributed by atoms with Crippen LogP contribution in [0.25, 0.3) is 16.9 Å². The van der Waals surface area contributed by atoms with Gasteiger partial charge in [0.1, 0.15) is 12.3 Å². The van der Waals surface area contributed by atoms with Crippen molar-refractivity contribution < 1.29 is 17.9 Å². The number of anilines is 1. The highest BCUT2D eigenvalue weighted by molar-refractivity contribution is 7.92. The number of amides is 1. The first kappa shape index (κ1) is 31.2.